The summed E-state index contributed by atoms with van der Waals surface area (Å²) in [6.45, 7) is 10.7. The van der Waals surface area contributed by atoms with Crippen LogP contribution in [0.15, 0.2) is 59.9 Å². The number of carbonyl (C=O) groups is 1. The predicted octanol–water partition coefficient (Wildman–Crippen LogP) is 5.73. The second kappa shape index (κ2) is 11.4. The Hall–Kier alpha value is -4.11. The molecule has 0 radical (unpaired) electrons. The van der Waals surface area contributed by atoms with Gasteiger partial charge in [-0.2, -0.15) is 4.98 Å². The number of carbonyl (C=O) groups excluding carboxylic acids is 1. The summed E-state index contributed by atoms with van der Waals surface area (Å²) in [6.07, 6.45) is 2.55. The Morgan fingerprint density at radius 3 is 2.29 bits per heavy atom. The molecule has 1 atom stereocenters. The van der Waals surface area contributed by atoms with Gasteiger partial charge in [-0.3, -0.25) is 4.79 Å². The summed E-state index contributed by atoms with van der Waals surface area (Å²) >= 11 is 6.67. The zero-order chi connectivity index (χ0) is 29.4. The number of para-hydroxylation sites is 1. The van der Waals surface area contributed by atoms with E-state index in [1.165, 1.54) is 16.7 Å². The molecule has 2 aromatic heterocycles. The Labute approximate surface area is 241 Å². The summed E-state index contributed by atoms with van der Waals surface area (Å²) in [6, 6.07) is 10.7. The third-order valence-electron chi connectivity index (χ3n) is 7.58. The summed E-state index contributed by atoms with van der Waals surface area (Å²) in [5.74, 6) is -1.46. The fourth-order valence-electron chi connectivity index (χ4n) is 5.53. The number of hydrogen-bond acceptors (Lipinski definition) is 5. The van der Waals surface area contributed by atoms with Crippen LogP contribution in [0, 0.1) is 11.6 Å². The number of piperazine rings is 1. The summed E-state index contributed by atoms with van der Waals surface area (Å²) in [7, 11) is 0. The number of rotatable bonds is 6. The van der Waals surface area contributed by atoms with Crippen molar-refractivity contribution in [3.8, 4) is 16.9 Å². The number of aromatic nitrogens is 3. The van der Waals surface area contributed by atoms with Crippen LogP contribution in [-0.2, 0) is 17.6 Å². The molecule has 0 saturated carbocycles. The monoisotopic (exact) mass is 577 g/mol. The van der Waals surface area contributed by atoms with Crippen molar-refractivity contribution in [2.45, 2.75) is 39.7 Å². The third-order valence-corrected chi connectivity index (χ3v) is 7.86. The van der Waals surface area contributed by atoms with Gasteiger partial charge in [0, 0.05) is 25.7 Å². The quantitative estimate of drug-likeness (QED) is 0.274. The van der Waals surface area contributed by atoms with E-state index in [4.69, 9.17) is 16.6 Å². The van der Waals surface area contributed by atoms with Gasteiger partial charge in [0.25, 0.3) is 0 Å². The van der Waals surface area contributed by atoms with Crippen molar-refractivity contribution < 1.29 is 13.6 Å². The summed E-state index contributed by atoms with van der Waals surface area (Å²) < 4.78 is 31.3. The Bertz CT molecular complexity index is 1700. The number of halogens is 3. The topological polar surface area (TPSA) is 71.3 Å². The maximum absolute atomic E-state index is 14.9. The highest BCUT2D eigenvalue weighted by Crippen LogP contribution is 2.37. The molecule has 7 nitrogen and oxygen atoms in total. The minimum Gasteiger partial charge on any atom is -0.350 e. The fourth-order valence-corrected chi connectivity index (χ4v) is 5.78. The minimum atomic E-state index is -0.818. The van der Waals surface area contributed by atoms with E-state index in [2.05, 4.69) is 11.6 Å². The van der Waals surface area contributed by atoms with Gasteiger partial charge < -0.3 is 9.80 Å². The molecule has 1 fully saturated rings. The van der Waals surface area contributed by atoms with Crippen molar-refractivity contribution >= 4 is 34.4 Å². The lowest BCUT2D eigenvalue weighted by molar-refractivity contribution is -0.126. The zero-order valence-corrected chi connectivity index (χ0v) is 23.9. The molecule has 1 amide bonds. The van der Waals surface area contributed by atoms with Gasteiger partial charge in [-0.05, 0) is 55.2 Å². The molecule has 212 valence electrons. The molecule has 1 aliphatic heterocycles. The van der Waals surface area contributed by atoms with Gasteiger partial charge in [0.1, 0.15) is 17.5 Å². The van der Waals surface area contributed by atoms with Gasteiger partial charge in [-0.15, -0.1) is 0 Å². The molecule has 5 rings (SSSR count). The molecule has 41 heavy (non-hydrogen) atoms. The first-order valence-electron chi connectivity index (χ1n) is 13.6. The maximum Gasteiger partial charge on any atom is 0.355 e. The van der Waals surface area contributed by atoms with E-state index in [9.17, 15) is 18.4 Å². The van der Waals surface area contributed by atoms with Gasteiger partial charge in [0.15, 0.2) is 5.65 Å². The van der Waals surface area contributed by atoms with E-state index in [1.807, 2.05) is 43.9 Å². The van der Waals surface area contributed by atoms with Crippen LogP contribution in [0.4, 0.5) is 14.6 Å². The van der Waals surface area contributed by atoms with Crippen LogP contribution >= 0.6 is 11.6 Å². The van der Waals surface area contributed by atoms with Crippen molar-refractivity contribution in [1.82, 2.24) is 19.4 Å². The molecular formula is C31H30ClF2N5O2. The Kier molecular flexibility index (Phi) is 7.91. The molecule has 0 spiro atoms. The van der Waals surface area contributed by atoms with Crippen molar-refractivity contribution in [3.63, 3.8) is 0 Å². The fraction of sp³-hybridized carbons (Fsp3) is 0.290. The third kappa shape index (κ3) is 4.99. The van der Waals surface area contributed by atoms with Crippen LogP contribution in [0.3, 0.4) is 0 Å². The number of pyridine rings is 1. The smallest absolute Gasteiger partial charge is 0.350 e. The predicted molar refractivity (Wildman–Crippen MR) is 158 cm³/mol. The van der Waals surface area contributed by atoms with Gasteiger partial charge in [0.05, 0.1) is 27.4 Å². The van der Waals surface area contributed by atoms with Crippen LogP contribution < -0.4 is 10.6 Å². The standard InChI is InChI=1S/C31H30ClF2N5O2/c1-5-19-10-8-11-20(6-2)28(19)39-30-21(16-22(32)27(35-30)26-23(33)12-9-13-24(26)34)29(36-31(39)41)38-15-14-37(17-18(38)4)25(40)7-3/h7-13,16,18H,3,5-6,14-15,17H2,1-2,4H3/t18-/m0/s1. The summed E-state index contributed by atoms with van der Waals surface area (Å²) in [4.78, 5) is 39.1. The molecule has 0 bridgehead atoms. The lowest BCUT2D eigenvalue weighted by Crippen LogP contribution is -2.54. The lowest BCUT2D eigenvalue weighted by atomic mass is 10.0. The Morgan fingerprint density at radius 1 is 1.07 bits per heavy atom. The van der Waals surface area contributed by atoms with Gasteiger partial charge >= 0.3 is 5.69 Å². The average molecular weight is 578 g/mol. The van der Waals surface area contributed by atoms with Crippen molar-refractivity contribution in [3.05, 3.63) is 93.4 Å². The minimum absolute atomic E-state index is 0.0161. The van der Waals surface area contributed by atoms with E-state index in [0.717, 1.165) is 23.3 Å². The molecule has 0 N–H and O–H groups in total. The van der Waals surface area contributed by atoms with E-state index in [1.54, 1.807) is 11.0 Å². The van der Waals surface area contributed by atoms with E-state index >= 15 is 0 Å². The van der Waals surface area contributed by atoms with Gasteiger partial charge in [-0.1, -0.05) is 56.3 Å². The van der Waals surface area contributed by atoms with Crippen LogP contribution in [0.2, 0.25) is 5.02 Å². The highest BCUT2D eigenvalue weighted by molar-refractivity contribution is 6.34. The molecule has 10 heteroatoms. The number of aryl methyl sites for hydroxylation is 2. The number of hydrogen-bond donors (Lipinski definition) is 0. The number of fused-ring (bicyclic) bond motifs is 1. The number of nitrogens with zero attached hydrogens (tertiary/aromatic N) is 5. The van der Waals surface area contributed by atoms with Crippen molar-refractivity contribution in [1.29, 1.82) is 0 Å². The molecule has 3 heterocycles. The SMILES string of the molecule is C=CC(=O)N1CCN(c2nc(=O)n(-c3c(CC)cccc3CC)c3nc(-c4c(F)cccc4F)c(Cl)cc23)[C@@H](C)C1. The number of anilines is 1. The first-order valence-corrected chi connectivity index (χ1v) is 13.9. The van der Waals surface area contributed by atoms with Gasteiger partial charge in [0.2, 0.25) is 5.91 Å². The van der Waals surface area contributed by atoms with E-state index in [-0.39, 0.29) is 33.9 Å². The largest absolute Gasteiger partial charge is 0.355 e. The average Bonchev–Trinajstić information content (AvgIpc) is 2.96. The highest BCUT2D eigenvalue weighted by Gasteiger charge is 2.30. The molecule has 2 aromatic carbocycles. The first-order chi connectivity index (χ1) is 19.7. The van der Waals surface area contributed by atoms with Crippen LogP contribution in [0.1, 0.15) is 31.9 Å². The van der Waals surface area contributed by atoms with E-state index in [0.29, 0.717) is 49.4 Å². The Balaban J connectivity index is 1.83. The molecule has 1 aliphatic rings. The van der Waals surface area contributed by atoms with Crippen LogP contribution in [-0.4, -0.2) is 51.0 Å². The zero-order valence-electron chi connectivity index (χ0n) is 23.1. The van der Waals surface area contributed by atoms with Crippen molar-refractivity contribution in [2.24, 2.45) is 0 Å². The van der Waals surface area contributed by atoms with Crippen LogP contribution in [0.5, 0.6) is 0 Å². The molecular weight excluding hydrogens is 548 g/mol. The lowest BCUT2D eigenvalue weighted by Gasteiger charge is -2.40. The summed E-state index contributed by atoms with van der Waals surface area (Å²) in [5, 5.41) is 0.473. The molecule has 0 unspecified atom stereocenters. The molecule has 0 aliphatic carbocycles. The van der Waals surface area contributed by atoms with Gasteiger partial charge in [-0.25, -0.2) is 23.1 Å². The number of benzene rings is 2. The maximum atomic E-state index is 14.9. The molecule has 4 aromatic rings. The second-order valence-electron chi connectivity index (χ2n) is 10.0. The second-order valence-corrected chi connectivity index (χ2v) is 10.4. The van der Waals surface area contributed by atoms with E-state index < -0.39 is 17.3 Å². The Morgan fingerprint density at radius 2 is 1.71 bits per heavy atom. The highest BCUT2D eigenvalue weighted by atomic mass is 35.5. The summed E-state index contributed by atoms with van der Waals surface area (Å²) in [5.41, 5.74) is 1.59. The van der Waals surface area contributed by atoms with Crippen molar-refractivity contribution in [2.75, 3.05) is 24.5 Å². The first kappa shape index (κ1) is 28.4. The molecule has 1 saturated heterocycles. The normalized spacial score (nSPS) is 15.4. The van der Waals surface area contributed by atoms with Crippen LogP contribution in [0.25, 0.3) is 28.0 Å². The number of amides is 1.